The molecule has 0 fully saturated rings. The lowest BCUT2D eigenvalue weighted by Gasteiger charge is -2.12. The molecule has 4 nitrogen and oxygen atoms in total. The predicted molar refractivity (Wildman–Crippen MR) is 104 cm³/mol. The number of aliphatic imine (C=N–C) groups is 1. The maximum atomic E-state index is 5.89. The fourth-order valence-corrected chi connectivity index (χ4v) is 2.26. The summed E-state index contributed by atoms with van der Waals surface area (Å²) in [5.74, 6) is 2.46. The quantitative estimate of drug-likeness (QED) is 0.440. The van der Waals surface area contributed by atoms with Crippen molar-refractivity contribution in [2.45, 2.75) is 33.7 Å². The number of guanidine groups is 1. The summed E-state index contributed by atoms with van der Waals surface area (Å²) in [6, 6.07) is 8.12. The topological polar surface area (TPSA) is 49.6 Å². The molecule has 22 heavy (non-hydrogen) atoms. The zero-order chi connectivity index (χ0) is 15.2. The van der Waals surface area contributed by atoms with Crippen molar-refractivity contribution in [2.24, 2.45) is 10.9 Å². The number of halogens is 1. The smallest absolute Gasteiger partial charge is 0.191 e. The number of nitrogens with one attached hydrogen (secondary N) is 2. The largest absolute Gasteiger partial charge is 0.459 e. The Balaban J connectivity index is 0.00000242. The van der Waals surface area contributed by atoms with Gasteiger partial charge in [-0.2, -0.15) is 0 Å². The van der Waals surface area contributed by atoms with Crippen molar-refractivity contribution >= 4 is 40.9 Å². The van der Waals surface area contributed by atoms with Crippen LogP contribution in [0.5, 0.6) is 0 Å². The van der Waals surface area contributed by atoms with Crippen molar-refractivity contribution in [1.29, 1.82) is 0 Å². The highest BCUT2D eigenvalue weighted by Gasteiger charge is 2.10. The third-order valence-electron chi connectivity index (χ3n) is 3.60. The number of aryl methyl sites for hydroxylation is 1. The van der Waals surface area contributed by atoms with Crippen molar-refractivity contribution < 1.29 is 4.42 Å². The Bertz CT molecular complexity index is 619. The zero-order valence-corrected chi connectivity index (χ0v) is 16.1. The molecule has 0 spiro atoms. The molecule has 2 N–H and O–H groups in total. The van der Waals surface area contributed by atoms with E-state index in [-0.39, 0.29) is 24.0 Å². The van der Waals surface area contributed by atoms with Gasteiger partial charge in [0.25, 0.3) is 0 Å². The molecule has 0 atom stereocenters. The summed E-state index contributed by atoms with van der Waals surface area (Å²) >= 11 is 0. The van der Waals surface area contributed by atoms with E-state index >= 15 is 0 Å². The van der Waals surface area contributed by atoms with Crippen LogP contribution in [0.2, 0.25) is 0 Å². The van der Waals surface area contributed by atoms with Gasteiger partial charge in [0.1, 0.15) is 11.3 Å². The van der Waals surface area contributed by atoms with E-state index in [9.17, 15) is 0 Å². The highest BCUT2D eigenvalue weighted by atomic mass is 127. The first-order chi connectivity index (χ1) is 10.1. The molecular weight excluding hydrogens is 389 g/mol. The number of fused-ring (bicyclic) bond motifs is 1. The Morgan fingerprint density at radius 2 is 1.95 bits per heavy atom. The van der Waals surface area contributed by atoms with E-state index in [0.29, 0.717) is 12.5 Å². The third-order valence-corrected chi connectivity index (χ3v) is 3.60. The second kappa shape index (κ2) is 9.02. The van der Waals surface area contributed by atoms with Crippen molar-refractivity contribution in [3.63, 3.8) is 0 Å². The number of rotatable bonds is 5. The first-order valence-electron chi connectivity index (χ1n) is 7.53. The van der Waals surface area contributed by atoms with Gasteiger partial charge in [-0.15, -0.1) is 24.0 Å². The van der Waals surface area contributed by atoms with E-state index in [4.69, 9.17) is 4.42 Å². The number of furan rings is 1. The van der Waals surface area contributed by atoms with E-state index in [0.717, 1.165) is 30.3 Å². The molecular formula is C17H26IN3O. The molecule has 1 aromatic carbocycles. The van der Waals surface area contributed by atoms with Crippen LogP contribution in [0.15, 0.2) is 33.7 Å². The summed E-state index contributed by atoms with van der Waals surface area (Å²) in [6.45, 7) is 8.10. The Labute approximate surface area is 149 Å². The Hall–Kier alpha value is -1.24. The summed E-state index contributed by atoms with van der Waals surface area (Å²) < 4.78 is 5.89. The zero-order valence-electron chi connectivity index (χ0n) is 13.8. The van der Waals surface area contributed by atoms with Crippen LogP contribution in [0.3, 0.4) is 0 Å². The minimum Gasteiger partial charge on any atom is -0.459 e. The lowest BCUT2D eigenvalue weighted by Crippen LogP contribution is -2.37. The van der Waals surface area contributed by atoms with Crippen molar-refractivity contribution in [2.75, 3.05) is 13.6 Å². The van der Waals surface area contributed by atoms with Gasteiger partial charge in [-0.3, -0.25) is 4.99 Å². The van der Waals surface area contributed by atoms with Crippen LogP contribution >= 0.6 is 24.0 Å². The van der Waals surface area contributed by atoms with Gasteiger partial charge in [-0.25, -0.2) is 0 Å². The molecule has 0 aliphatic rings. The molecule has 2 rings (SSSR count). The van der Waals surface area contributed by atoms with Gasteiger partial charge in [0.2, 0.25) is 0 Å². The molecule has 0 aliphatic carbocycles. The van der Waals surface area contributed by atoms with Gasteiger partial charge in [-0.05, 0) is 25.3 Å². The van der Waals surface area contributed by atoms with Crippen LogP contribution in [-0.4, -0.2) is 19.6 Å². The maximum Gasteiger partial charge on any atom is 0.191 e. The van der Waals surface area contributed by atoms with E-state index in [2.05, 4.69) is 42.5 Å². The molecule has 1 heterocycles. The Morgan fingerprint density at radius 3 is 2.59 bits per heavy atom. The molecule has 0 unspecified atom stereocenters. The first kappa shape index (κ1) is 18.8. The van der Waals surface area contributed by atoms with Crippen LogP contribution in [0.25, 0.3) is 11.0 Å². The average molecular weight is 415 g/mol. The average Bonchev–Trinajstić information content (AvgIpc) is 2.79. The van der Waals surface area contributed by atoms with Crippen molar-refractivity contribution in [1.82, 2.24) is 10.6 Å². The van der Waals surface area contributed by atoms with Gasteiger partial charge in [0.15, 0.2) is 5.96 Å². The Morgan fingerprint density at radius 1 is 1.23 bits per heavy atom. The Kier molecular flexibility index (Phi) is 7.72. The second-order valence-electron chi connectivity index (χ2n) is 5.68. The second-order valence-corrected chi connectivity index (χ2v) is 5.68. The molecule has 1 aromatic heterocycles. The van der Waals surface area contributed by atoms with Gasteiger partial charge >= 0.3 is 0 Å². The maximum absolute atomic E-state index is 5.89. The molecule has 122 valence electrons. The highest BCUT2D eigenvalue weighted by Crippen LogP contribution is 2.24. The summed E-state index contributed by atoms with van der Waals surface area (Å²) in [7, 11) is 1.79. The summed E-state index contributed by atoms with van der Waals surface area (Å²) in [6.07, 6.45) is 1.13. The molecule has 0 bridgehead atoms. The van der Waals surface area contributed by atoms with Gasteiger partial charge in [-0.1, -0.05) is 32.0 Å². The number of hydrogen-bond donors (Lipinski definition) is 2. The number of nitrogens with zero attached hydrogens (tertiary/aromatic N) is 1. The first-order valence-corrected chi connectivity index (χ1v) is 7.53. The van der Waals surface area contributed by atoms with Crippen LogP contribution in [0.1, 0.15) is 31.6 Å². The van der Waals surface area contributed by atoms with Gasteiger partial charge < -0.3 is 15.1 Å². The van der Waals surface area contributed by atoms with E-state index < -0.39 is 0 Å². The minimum absolute atomic E-state index is 0. The minimum atomic E-state index is 0. The van der Waals surface area contributed by atoms with Crippen molar-refractivity contribution in [3.05, 3.63) is 35.6 Å². The summed E-state index contributed by atoms with van der Waals surface area (Å²) in [4.78, 5) is 4.24. The highest BCUT2D eigenvalue weighted by molar-refractivity contribution is 14.0. The molecule has 2 aromatic rings. The van der Waals surface area contributed by atoms with Crippen LogP contribution in [-0.2, 0) is 6.54 Å². The molecule has 5 heteroatoms. The molecule has 0 saturated carbocycles. The number of hydrogen-bond acceptors (Lipinski definition) is 2. The lowest BCUT2D eigenvalue weighted by atomic mass is 10.1. The fraction of sp³-hybridized carbons (Fsp3) is 0.471. The third kappa shape index (κ3) is 4.90. The molecule has 0 radical (unpaired) electrons. The van der Waals surface area contributed by atoms with E-state index in [1.807, 2.05) is 18.2 Å². The van der Waals surface area contributed by atoms with Gasteiger partial charge in [0.05, 0.1) is 6.54 Å². The van der Waals surface area contributed by atoms with Crippen LogP contribution < -0.4 is 10.6 Å². The normalized spacial score (nSPS) is 11.6. The van der Waals surface area contributed by atoms with Crippen LogP contribution in [0, 0.1) is 12.8 Å². The fourth-order valence-electron chi connectivity index (χ4n) is 2.26. The molecule has 0 aliphatic heterocycles. The lowest BCUT2D eigenvalue weighted by molar-refractivity contribution is 0.531. The van der Waals surface area contributed by atoms with Gasteiger partial charge in [0, 0.05) is 24.5 Å². The molecule has 0 amide bonds. The monoisotopic (exact) mass is 415 g/mol. The van der Waals surface area contributed by atoms with Crippen molar-refractivity contribution in [3.8, 4) is 0 Å². The van der Waals surface area contributed by atoms with Crippen LogP contribution in [0.4, 0.5) is 0 Å². The predicted octanol–water partition coefficient (Wildman–Crippen LogP) is 4.07. The van der Waals surface area contributed by atoms with E-state index in [1.165, 1.54) is 10.9 Å². The summed E-state index contributed by atoms with van der Waals surface area (Å²) in [5.41, 5.74) is 2.13. The SMILES string of the molecule is CN=C(NCCC(C)C)NCc1oc2ccccc2c1C.I. The number of benzene rings is 1. The standard InChI is InChI=1S/C17H25N3O.HI/c1-12(2)9-10-19-17(18-4)20-11-16-13(3)14-7-5-6-8-15(14)21-16;/h5-8,12H,9-11H2,1-4H3,(H2,18,19,20);1H. The summed E-state index contributed by atoms with van der Waals surface area (Å²) in [5, 5.41) is 7.81. The number of para-hydroxylation sites is 1. The molecule has 0 saturated heterocycles. The van der Waals surface area contributed by atoms with E-state index in [1.54, 1.807) is 7.05 Å².